The van der Waals surface area contributed by atoms with Gasteiger partial charge in [-0.1, -0.05) is 82.5 Å². The van der Waals surface area contributed by atoms with Crippen LogP contribution in [0.5, 0.6) is 11.5 Å². The molecule has 1 aliphatic carbocycles. The van der Waals surface area contributed by atoms with E-state index in [4.69, 9.17) is 23.7 Å². The number of para-hydroxylation sites is 2. The minimum absolute atomic E-state index is 0.00192. The zero-order chi connectivity index (χ0) is 46.8. The van der Waals surface area contributed by atoms with Gasteiger partial charge in [0.15, 0.2) is 0 Å². The van der Waals surface area contributed by atoms with Crippen LogP contribution in [0, 0.1) is 31.1 Å². The molecule has 4 N–H and O–H groups in total. The summed E-state index contributed by atoms with van der Waals surface area (Å²) in [5, 5.41) is 38.3. The Morgan fingerprint density at radius 2 is 1.06 bits per heavy atom. The lowest BCUT2D eigenvalue weighted by Gasteiger charge is -2.24. The number of aliphatic hydroxyl groups is 3. The van der Waals surface area contributed by atoms with Crippen LogP contribution in [0.25, 0.3) is 0 Å². The third-order valence-corrected chi connectivity index (χ3v) is 9.67. The lowest BCUT2D eigenvalue weighted by Crippen LogP contribution is -2.34. The average Bonchev–Trinajstić information content (AvgIpc) is 3.27. The summed E-state index contributed by atoms with van der Waals surface area (Å²) < 4.78 is 30.7. The predicted molar refractivity (Wildman–Crippen MR) is 231 cm³/mol. The molecular weight excluding hydrogens is 805 g/mol. The molecule has 0 amide bonds. The molecule has 0 spiro atoms. The van der Waals surface area contributed by atoms with Crippen molar-refractivity contribution in [3.05, 3.63) is 96.1 Å². The Balaban J connectivity index is 0.000000480. The van der Waals surface area contributed by atoms with Crippen LogP contribution < -0.4 is 9.47 Å². The zero-order valence-corrected chi connectivity index (χ0v) is 37.1. The summed E-state index contributed by atoms with van der Waals surface area (Å²) in [6, 6.07) is 11.8. The van der Waals surface area contributed by atoms with Crippen molar-refractivity contribution < 1.29 is 72.8 Å². The Morgan fingerprint density at radius 1 is 0.661 bits per heavy atom. The molecule has 0 saturated carbocycles. The van der Waals surface area contributed by atoms with Gasteiger partial charge in [-0.25, -0.2) is 9.59 Å². The number of esters is 4. The summed E-state index contributed by atoms with van der Waals surface area (Å²) in [5.74, 6) is -3.11. The van der Waals surface area contributed by atoms with Crippen LogP contribution in [0.15, 0.2) is 73.9 Å². The summed E-state index contributed by atoms with van der Waals surface area (Å²) >= 11 is 0. The van der Waals surface area contributed by atoms with E-state index >= 15 is 0 Å². The lowest BCUT2D eigenvalue weighted by molar-refractivity contribution is -0.160. The molecule has 0 bridgehead atoms. The molecule has 0 heterocycles. The first kappa shape index (κ1) is 54.5. The number of hydrogen-bond donors (Lipinski definition) is 4. The van der Waals surface area contributed by atoms with Crippen molar-refractivity contribution in [1.82, 2.24) is 0 Å². The first-order valence-corrected chi connectivity index (χ1v) is 20.6. The highest BCUT2D eigenvalue weighted by Gasteiger charge is 2.35. The summed E-state index contributed by atoms with van der Waals surface area (Å²) in [4.78, 5) is 56.5. The van der Waals surface area contributed by atoms with E-state index in [2.05, 4.69) is 17.9 Å². The Kier molecular flexibility index (Phi) is 25.4. The van der Waals surface area contributed by atoms with Crippen molar-refractivity contribution >= 4 is 29.8 Å². The van der Waals surface area contributed by atoms with Crippen molar-refractivity contribution in [3.63, 3.8) is 0 Å². The molecule has 1 aliphatic rings. The van der Waals surface area contributed by atoms with Gasteiger partial charge in [-0.05, 0) is 82.1 Å². The van der Waals surface area contributed by atoms with E-state index in [1.807, 2.05) is 71.0 Å². The van der Waals surface area contributed by atoms with E-state index in [-0.39, 0.29) is 45.6 Å². The molecule has 0 saturated heterocycles. The maximum Gasteiger partial charge on any atom is 0.330 e. The third kappa shape index (κ3) is 19.9. The number of hydrogen-bond acceptors (Lipinski definition) is 14. The summed E-state index contributed by atoms with van der Waals surface area (Å²) in [7, 11) is 0. The molecule has 15 nitrogen and oxygen atoms in total. The SMILES string of the molecule is C=CC(=O)OCC(O)COC(=O)C(C)(C)CC.C=CC(=O)OCC(O)COc1c(C)cccc1CC.CCc1cccc(C)c1OCC(O)COC(=O)C1CC=CCC1C(=O)O. The van der Waals surface area contributed by atoms with Gasteiger partial charge in [-0.15, -0.1) is 0 Å². The largest absolute Gasteiger partial charge is 0.490 e. The highest BCUT2D eigenvalue weighted by atomic mass is 16.6. The van der Waals surface area contributed by atoms with Crippen LogP contribution in [-0.2, 0) is 55.8 Å². The Morgan fingerprint density at radius 3 is 1.47 bits per heavy atom. The van der Waals surface area contributed by atoms with Crippen molar-refractivity contribution in [2.75, 3.05) is 39.6 Å². The lowest BCUT2D eigenvalue weighted by atomic mass is 9.83. The Bertz CT molecular complexity index is 1780. The van der Waals surface area contributed by atoms with Gasteiger partial charge < -0.3 is 48.8 Å². The van der Waals surface area contributed by atoms with E-state index in [1.54, 1.807) is 26.0 Å². The predicted octanol–water partition coefficient (Wildman–Crippen LogP) is 5.59. The highest BCUT2D eigenvalue weighted by molar-refractivity contribution is 5.82. The number of aliphatic hydroxyl groups excluding tert-OH is 3. The first-order valence-electron chi connectivity index (χ1n) is 20.6. The van der Waals surface area contributed by atoms with E-state index in [0.717, 1.165) is 58.7 Å². The fourth-order valence-corrected chi connectivity index (χ4v) is 5.52. The number of carboxylic acids is 1. The van der Waals surface area contributed by atoms with Crippen LogP contribution in [0.4, 0.5) is 0 Å². The number of benzene rings is 2. The van der Waals surface area contributed by atoms with Crippen LogP contribution >= 0.6 is 0 Å². The second-order valence-electron chi connectivity index (χ2n) is 15.0. The van der Waals surface area contributed by atoms with Gasteiger partial charge in [0.05, 0.1) is 17.3 Å². The standard InChI is InChI=1S/C20H26O6.C15H20O4.C12H20O5/c1-3-14-8-6-7-13(2)18(14)25-11-15(21)12-26-20(24)17-10-5-4-9-16(17)19(22)23;1-4-12-8-6-7-11(3)15(12)19-10-13(16)9-18-14(17)5-2;1-5-10(14)16-7-9(13)8-17-11(15)12(3,4)6-2/h4-8,15-17,21H,3,9-12H2,1-2H3,(H,22,23);5-8,13,16H,2,4,9-10H2,1,3H3;5,9,13H,1,6-8H2,2-4H3. The monoisotopic (exact) mass is 870 g/mol. The topological polar surface area (TPSA) is 222 Å². The molecule has 5 atom stereocenters. The molecule has 62 heavy (non-hydrogen) atoms. The van der Waals surface area contributed by atoms with Crippen LogP contribution in [0.3, 0.4) is 0 Å². The quantitative estimate of drug-likeness (QED) is 0.0490. The minimum atomic E-state index is -1.02. The smallest absolute Gasteiger partial charge is 0.330 e. The normalized spacial score (nSPS) is 15.6. The summed E-state index contributed by atoms with van der Waals surface area (Å²) in [5.41, 5.74) is 3.57. The highest BCUT2D eigenvalue weighted by Crippen LogP contribution is 2.28. The van der Waals surface area contributed by atoms with Gasteiger partial charge in [0, 0.05) is 12.2 Å². The summed E-state index contributed by atoms with van der Waals surface area (Å²) in [6.45, 7) is 19.2. The van der Waals surface area contributed by atoms with Crippen LogP contribution in [-0.4, -0.2) is 108 Å². The minimum Gasteiger partial charge on any atom is -0.490 e. The number of aryl methyl sites for hydroxylation is 4. The maximum atomic E-state index is 12.2. The molecule has 15 heteroatoms. The summed E-state index contributed by atoms with van der Waals surface area (Å²) in [6.07, 6.45) is 5.73. The van der Waals surface area contributed by atoms with E-state index < -0.39 is 59.4 Å². The van der Waals surface area contributed by atoms with Gasteiger partial charge in [-0.2, -0.15) is 0 Å². The fraction of sp³-hybridized carbons (Fsp3) is 0.511. The Labute approximate surface area is 365 Å². The van der Waals surface area contributed by atoms with Gasteiger partial charge >= 0.3 is 29.8 Å². The van der Waals surface area contributed by atoms with Crippen molar-refractivity contribution in [3.8, 4) is 11.5 Å². The van der Waals surface area contributed by atoms with Crippen molar-refractivity contribution in [2.24, 2.45) is 17.3 Å². The second-order valence-corrected chi connectivity index (χ2v) is 15.0. The fourth-order valence-electron chi connectivity index (χ4n) is 5.52. The second kappa shape index (κ2) is 28.9. The first-order chi connectivity index (χ1) is 29.3. The molecule has 2 aromatic rings. The van der Waals surface area contributed by atoms with Crippen molar-refractivity contribution in [1.29, 1.82) is 0 Å². The number of aliphatic carboxylic acids is 1. The Hall–Kier alpha value is -5.51. The molecule has 0 aliphatic heterocycles. The van der Waals surface area contributed by atoms with E-state index in [9.17, 15) is 44.4 Å². The molecule has 2 aromatic carbocycles. The van der Waals surface area contributed by atoms with Crippen molar-refractivity contribution in [2.45, 2.75) is 98.9 Å². The average molecular weight is 871 g/mol. The molecule has 5 unspecified atom stereocenters. The van der Waals surface area contributed by atoms with E-state index in [0.29, 0.717) is 19.3 Å². The maximum absolute atomic E-state index is 12.2. The van der Waals surface area contributed by atoms with E-state index in [1.165, 1.54) is 0 Å². The number of carbonyl (C=O) groups is 5. The zero-order valence-electron chi connectivity index (χ0n) is 37.1. The van der Waals surface area contributed by atoms with Gasteiger partial charge in [0.25, 0.3) is 0 Å². The number of carboxylic acid groups (broad SMARTS) is 1. The number of allylic oxidation sites excluding steroid dienone is 2. The third-order valence-electron chi connectivity index (χ3n) is 9.67. The molecule has 344 valence electrons. The van der Waals surface area contributed by atoms with Gasteiger partial charge in [0.1, 0.15) is 69.5 Å². The van der Waals surface area contributed by atoms with Crippen LogP contribution in [0.2, 0.25) is 0 Å². The van der Waals surface area contributed by atoms with Crippen LogP contribution in [0.1, 0.15) is 76.1 Å². The van der Waals surface area contributed by atoms with Gasteiger partial charge in [0.2, 0.25) is 0 Å². The number of carbonyl (C=O) groups excluding carboxylic acids is 4. The number of ether oxygens (including phenoxy) is 6. The molecule has 0 radical (unpaired) electrons. The number of rotatable bonds is 22. The van der Waals surface area contributed by atoms with Gasteiger partial charge in [-0.3, -0.25) is 14.4 Å². The molecule has 0 fully saturated rings. The molecule has 0 aromatic heterocycles. The molecule has 3 rings (SSSR count). The molecular formula is C47H66O15.